The summed E-state index contributed by atoms with van der Waals surface area (Å²) in [7, 11) is 0. The van der Waals surface area contributed by atoms with Gasteiger partial charge in [0.05, 0.1) is 39.4 Å². The van der Waals surface area contributed by atoms with Crippen molar-refractivity contribution < 1.29 is 4.42 Å². The van der Waals surface area contributed by atoms with Gasteiger partial charge in [0.2, 0.25) is 0 Å². The minimum Gasteiger partial charge on any atom is -0.454 e. The molecule has 0 aliphatic heterocycles. The standard InChI is InChI=1S/C64H36N6OS/c65-37-42-36-53(61-60(46-24-11-14-26-54(46)71-61)57(42)64-67-62(38-16-4-1-5-17-38)66-63(68-64)39-18-6-2-7-19-39)70-50-30-28-40(41-29-33-56-47(34-41)44-22-12-15-27-55(44)72-56)35-48(50)59-52(70)32-31-51-58(59)45-23-10-13-25-49(45)69(51)43-20-8-3-9-21-43/h1-36H. The van der Waals surface area contributed by atoms with E-state index in [4.69, 9.17) is 19.4 Å². The second-order valence-electron chi connectivity index (χ2n) is 18.2. The molecule has 0 radical (unpaired) electrons. The lowest BCUT2D eigenvalue weighted by Gasteiger charge is -2.14. The summed E-state index contributed by atoms with van der Waals surface area (Å²) in [6.45, 7) is 0. The summed E-state index contributed by atoms with van der Waals surface area (Å²) in [5.74, 6) is 1.41. The molecule has 5 aromatic heterocycles. The fourth-order valence-electron chi connectivity index (χ4n) is 11.1. The van der Waals surface area contributed by atoms with E-state index in [-0.39, 0.29) is 0 Å². The summed E-state index contributed by atoms with van der Waals surface area (Å²) in [6.07, 6.45) is 0. The Morgan fingerprint density at radius 1 is 0.403 bits per heavy atom. The first kappa shape index (κ1) is 40.2. The van der Waals surface area contributed by atoms with Gasteiger partial charge in [0, 0.05) is 74.9 Å². The topological polar surface area (TPSA) is 85.5 Å². The van der Waals surface area contributed by atoms with Crippen LogP contribution in [0.2, 0.25) is 0 Å². The van der Waals surface area contributed by atoms with Crippen molar-refractivity contribution in [3.8, 4) is 62.7 Å². The van der Waals surface area contributed by atoms with E-state index >= 15 is 0 Å². The molecule has 15 aromatic rings. The molecule has 5 heterocycles. The molecular weight excluding hydrogens is 901 g/mol. The maximum Gasteiger partial charge on any atom is 0.166 e. The van der Waals surface area contributed by atoms with Gasteiger partial charge in [0.1, 0.15) is 5.58 Å². The van der Waals surface area contributed by atoms with Gasteiger partial charge in [-0.05, 0) is 83.9 Å². The summed E-state index contributed by atoms with van der Waals surface area (Å²) >= 11 is 1.83. The van der Waals surface area contributed by atoms with Gasteiger partial charge in [-0.2, -0.15) is 5.26 Å². The summed E-state index contributed by atoms with van der Waals surface area (Å²) in [6, 6.07) is 78.6. The molecular formula is C64H36N6OS. The number of hydrogen-bond acceptors (Lipinski definition) is 6. The first-order valence-corrected chi connectivity index (χ1v) is 24.7. The van der Waals surface area contributed by atoms with Crippen molar-refractivity contribution in [2.24, 2.45) is 0 Å². The molecule has 0 aliphatic carbocycles. The van der Waals surface area contributed by atoms with E-state index in [0.717, 1.165) is 88.0 Å². The molecule has 334 valence electrons. The number of nitriles is 1. The Bertz CT molecular complexity index is 4690. The largest absolute Gasteiger partial charge is 0.454 e. The summed E-state index contributed by atoms with van der Waals surface area (Å²) < 4.78 is 14.3. The van der Waals surface area contributed by atoms with Crippen LogP contribution in [0.4, 0.5) is 0 Å². The molecule has 0 aliphatic rings. The molecule has 72 heavy (non-hydrogen) atoms. The normalized spacial score (nSPS) is 11.9. The number of hydrogen-bond donors (Lipinski definition) is 0. The minimum atomic E-state index is 0.389. The molecule has 0 N–H and O–H groups in total. The predicted molar refractivity (Wildman–Crippen MR) is 295 cm³/mol. The lowest BCUT2D eigenvalue weighted by molar-refractivity contribution is 0.666. The average molecular weight is 937 g/mol. The number of fused-ring (bicyclic) bond motifs is 13. The minimum absolute atomic E-state index is 0.389. The third-order valence-corrected chi connectivity index (χ3v) is 15.4. The van der Waals surface area contributed by atoms with Crippen LogP contribution in [0.3, 0.4) is 0 Å². The number of thiophene rings is 1. The number of para-hydroxylation sites is 3. The quantitative estimate of drug-likeness (QED) is 0.166. The van der Waals surface area contributed by atoms with Gasteiger partial charge in [-0.3, -0.25) is 0 Å². The van der Waals surface area contributed by atoms with Crippen LogP contribution in [0.25, 0.3) is 142 Å². The van der Waals surface area contributed by atoms with E-state index < -0.39 is 0 Å². The number of furan rings is 1. The SMILES string of the molecule is N#Cc1cc(-n2c3ccc(-c4ccc5sc6ccccc6c5c4)cc3c3c4c5ccccc5n(-c5ccccc5)c4ccc32)c2oc3ccccc3c2c1-c1nc(-c2ccccc2)nc(-c2ccccc2)n1. The van der Waals surface area contributed by atoms with Crippen molar-refractivity contribution in [3.05, 3.63) is 224 Å². The Hall–Kier alpha value is -9.68. The van der Waals surface area contributed by atoms with Crippen molar-refractivity contribution in [2.45, 2.75) is 0 Å². The number of aromatic nitrogens is 5. The number of benzene rings is 10. The average Bonchev–Trinajstić information content (AvgIpc) is 4.21. The summed E-state index contributed by atoms with van der Waals surface area (Å²) in [4.78, 5) is 15.3. The monoisotopic (exact) mass is 936 g/mol. The van der Waals surface area contributed by atoms with Gasteiger partial charge in [-0.1, -0.05) is 146 Å². The van der Waals surface area contributed by atoms with Gasteiger partial charge in [-0.15, -0.1) is 11.3 Å². The molecule has 0 fully saturated rings. The smallest absolute Gasteiger partial charge is 0.166 e. The zero-order chi connectivity index (χ0) is 47.4. The van der Waals surface area contributed by atoms with Crippen molar-refractivity contribution in [1.29, 1.82) is 5.26 Å². The van der Waals surface area contributed by atoms with E-state index in [2.05, 4.69) is 149 Å². The first-order chi connectivity index (χ1) is 35.7. The third kappa shape index (κ3) is 5.99. The molecule has 0 atom stereocenters. The van der Waals surface area contributed by atoms with E-state index in [1.165, 1.54) is 20.2 Å². The third-order valence-electron chi connectivity index (χ3n) is 14.2. The maximum absolute atomic E-state index is 11.5. The second kappa shape index (κ2) is 15.7. The highest BCUT2D eigenvalue weighted by Crippen LogP contribution is 2.48. The Kier molecular flexibility index (Phi) is 8.76. The van der Waals surface area contributed by atoms with Crippen LogP contribution in [0.15, 0.2) is 223 Å². The summed E-state index contributed by atoms with van der Waals surface area (Å²) in [5.41, 5.74) is 12.3. The lowest BCUT2D eigenvalue weighted by atomic mass is 9.98. The van der Waals surface area contributed by atoms with Crippen LogP contribution < -0.4 is 0 Å². The van der Waals surface area contributed by atoms with Crippen LogP contribution in [-0.2, 0) is 0 Å². The van der Waals surface area contributed by atoms with Gasteiger partial charge < -0.3 is 13.6 Å². The van der Waals surface area contributed by atoms with Crippen molar-refractivity contribution in [2.75, 3.05) is 0 Å². The van der Waals surface area contributed by atoms with Crippen LogP contribution in [-0.4, -0.2) is 24.1 Å². The molecule has 0 saturated heterocycles. The Labute approximate surface area is 415 Å². The molecule has 8 heteroatoms. The lowest BCUT2D eigenvalue weighted by Crippen LogP contribution is -2.03. The second-order valence-corrected chi connectivity index (χ2v) is 19.3. The van der Waals surface area contributed by atoms with Crippen molar-refractivity contribution in [3.63, 3.8) is 0 Å². The molecule has 10 aromatic carbocycles. The first-order valence-electron chi connectivity index (χ1n) is 23.9. The fraction of sp³-hybridized carbons (Fsp3) is 0. The van der Waals surface area contributed by atoms with Crippen LogP contribution in [0.1, 0.15) is 5.56 Å². The molecule has 0 unspecified atom stereocenters. The van der Waals surface area contributed by atoms with Gasteiger partial charge >= 0.3 is 0 Å². The highest BCUT2D eigenvalue weighted by atomic mass is 32.1. The fourth-order valence-corrected chi connectivity index (χ4v) is 12.1. The van der Waals surface area contributed by atoms with E-state index in [0.29, 0.717) is 39.8 Å². The number of rotatable bonds is 6. The van der Waals surface area contributed by atoms with Crippen LogP contribution >= 0.6 is 11.3 Å². The number of nitrogens with zero attached hydrogens (tertiary/aromatic N) is 6. The Morgan fingerprint density at radius 2 is 0.944 bits per heavy atom. The molecule has 0 spiro atoms. The Morgan fingerprint density at radius 3 is 1.68 bits per heavy atom. The van der Waals surface area contributed by atoms with Gasteiger partial charge in [0.25, 0.3) is 0 Å². The zero-order valence-electron chi connectivity index (χ0n) is 38.3. The van der Waals surface area contributed by atoms with Gasteiger partial charge in [0.15, 0.2) is 23.1 Å². The molecule has 0 amide bonds. The summed E-state index contributed by atoms with van der Waals surface area (Å²) in [5, 5.41) is 20.1. The van der Waals surface area contributed by atoms with E-state index in [1.807, 2.05) is 96.3 Å². The highest BCUT2D eigenvalue weighted by molar-refractivity contribution is 7.25. The zero-order valence-corrected chi connectivity index (χ0v) is 39.1. The Balaban J connectivity index is 1.06. The predicted octanol–water partition coefficient (Wildman–Crippen LogP) is 16.9. The molecule has 15 rings (SSSR count). The van der Waals surface area contributed by atoms with Gasteiger partial charge in [-0.25, -0.2) is 15.0 Å². The van der Waals surface area contributed by atoms with Crippen molar-refractivity contribution >= 4 is 97.1 Å². The molecule has 7 nitrogen and oxygen atoms in total. The molecule has 0 bridgehead atoms. The van der Waals surface area contributed by atoms with E-state index in [1.54, 1.807) is 0 Å². The van der Waals surface area contributed by atoms with Crippen LogP contribution in [0.5, 0.6) is 0 Å². The van der Waals surface area contributed by atoms with Crippen LogP contribution in [0, 0.1) is 11.3 Å². The maximum atomic E-state index is 11.5. The van der Waals surface area contributed by atoms with Crippen molar-refractivity contribution in [1.82, 2.24) is 24.1 Å². The highest BCUT2D eigenvalue weighted by Gasteiger charge is 2.28. The van der Waals surface area contributed by atoms with E-state index in [9.17, 15) is 5.26 Å². The molecule has 0 saturated carbocycles.